The highest BCUT2D eigenvalue weighted by Crippen LogP contribution is 2.31. The minimum Gasteiger partial charge on any atom is -0.506 e. The summed E-state index contributed by atoms with van der Waals surface area (Å²) in [5, 5.41) is 9.83. The van der Waals surface area contributed by atoms with Gasteiger partial charge in [0, 0.05) is 15.2 Å². The van der Waals surface area contributed by atoms with Gasteiger partial charge in [0.05, 0.1) is 3.57 Å². The lowest BCUT2D eigenvalue weighted by Gasteiger charge is -2.14. The van der Waals surface area contributed by atoms with Crippen molar-refractivity contribution in [3.8, 4) is 5.75 Å². The maximum absolute atomic E-state index is 9.83. The van der Waals surface area contributed by atoms with Crippen LogP contribution < -0.4 is 5.73 Å². The van der Waals surface area contributed by atoms with E-state index in [9.17, 15) is 5.11 Å². The van der Waals surface area contributed by atoms with Crippen molar-refractivity contribution >= 4 is 57.6 Å². The van der Waals surface area contributed by atoms with Gasteiger partial charge >= 0.3 is 0 Å². The molecule has 0 fully saturated rings. The van der Waals surface area contributed by atoms with E-state index < -0.39 is 0 Å². The predicted octanol–water partition coefficient (Wildman–Crippen LogP) is 3.82. The average molecular weight is 453 g/mol. The Bertz CT molecular complexity index is 333. The molecule has 1 aromatic carbocycles. The zero-order valence-electron chi connectivity index (χ0n) is 8.34. The molecular weight excluding hydrogens is 439 g/mol. The fraction of sp³-hybridized carbons (Fsp3) is 0.400. The van der Waals surface area contributed by atoms with E-state index in [0.717, 1.165) is 25.5 Å². The van der Waals surface area contributed by atoms with Gasteiger partial charge in [0.25, 0.3) is 0 Å². The molecule has 15 heavy (non-hydrogen) atoms. The summed E-state index contributed by atoms with van der Waals surface area (Å²) in [5.41, 5.74) is 6.84. The summed E-state index contributed by atoms with van der Waals surface area (Å²) in [6.07, 6.45) is 1.94. The van der Waals surface area contributed by atoms with Crippen LogP contribution in [0.4, 0.5) is 0 Å². The highest BCUT2D eigenvalue weighted by molar-refractivity contribution is 14.1. The summed E-state index contributed by atoms with van der Waals surface area (Å²) in [4.78, 5) is 0. The third-order valence-electron chi connectivity index (χ3n) is 2.06. The third-order valence-corrected chi connectivity index (χ3v) is 3.50. The number of hydrogen-bond donors (Lipinski definition) is 2. The fourth-order valence-electron chi connectivity index (χ4n) is 1.34. The van der Waals surface area contributed by atoms with E-state index in [-0.39, 0.29) is 18.4 Å². The molecule has 3 N–H and O–H groups in total. The number of phenols is 1. The van der Waals surface area contributed by atoms with E-state index in [1.54, 1.807) is 0 Å². The van der Waals surface area contributed by atoms with Crippen molar-refractivity contribution in [3.05, 3.63) is 24.8 Å². The summed E-state index contributed by atoms with van der Waals surface area (Å²) < 4.78 is 1.99. The minimum absolute atomic E-state index is 0. The summed E-state index contributed by atoms with van der Waals surface area (Å²) in [5.74, 6) is 0.340. The van der Waals surface area contributed by atoms with Gasteiger partial charge < -0.3 is 10.8 Å². The van der Waals surface area contributed by atoms with Crippen molar-refractivity contribution in [2.75, 3.05) is 0 Å². The second-order valence-electron chi connectivity index (χ2n) is 3.22. The molecule has 0 saturated heterocycles. The first-order valence-electron chi connectivity index (χ1n) is 4.49. The topological polar surface area (TPSA) is 46.2 Å². The van der Waals surface area contributed by atoms with Gasteiger partial charge in [-0.15, -0.1) is 12.4 Å². The largest absolute Gasteiger partial charge is 0.506 e. The third kappa shape index (κ3) is 4.24. The number of hydrogen-bond acceptors (Lipinski definition) is 2. The first kappa shape index (κ1) is 15.7. The van der Waals surface area contributed by atoms with Crippen LogP contribution in [0.2, 0.25) is 0 Å². The van der Waals surface area contributed by atoms with Crippen molar-refractivity contribution < 1.29 is 5.11 Å². The van der Waals surface area contributed by atoms with Gasteiger partial charge in [0.1, 0.15) is 5.75 Å². The van der Waals surface area contributed by atoms with Crippen LogP contribution in [0.3, 0.4) is 0 Å². The van der Waals surface area contributed by atoms with E-state index in [4.69, 9.17) is 5.73 Å². The van der Waals surface area contributed by atoms with Crippen LogP contribution >= 0.6 is 57.6 Å². The molecule has 0 heterocycles. The highest BCUT2D eigenvalue weighted by Gasteiger charge is 2.13. The number of aromatic hydroxyl groups is 1. The molecule has 0 aromatic heterocycles. The lowest BCUT2D eigenvalue weighted by atomic mass is 10.0. The maximum Gasteiger partial charge on any atom is 0.133 e. The van der Waals surface area contributed by atoms with Gasteiger partial charge in [-0.3, -0.25) is 0 Å². The smallest absolute Gasteiger partial charge is 0.133 e. The summed E-state index contributed by atoms with van der Waals surface area (Å²) in [6, 6.07) is 3.85. The molecule has 0 aliphatic rings. The van der Waals surface area contributed by atoms with E-state index in [2.05, 4.69) is 52.1 Å². The Morgan fingerprint density at radius 3 is 2.53 bits per heavy atom. The van der Waals surface area contributed by atoms with Gasteiger partial charge in [-0.2, -0.15) is 0 Å². The molecule has 1 aromatic rings. The van der Waals surface area contributed by atoms with Crippen LogP contribution in [-0.4, -0.2) is 5.11 Å². The second kappa shape index (κ2) is 7.13. The molecule has 0 saturated carbocycles. The molecule has 0 bridgehead atoms. The second-order valence-corrected chi connectivity index (χ2v) is 5.63. The Balaban J connectivity index is 0.00000196. The van der Waals surface area contributed by atoms with E-state index >= 15 is 0 Å². The van der Waals surface area contributed by atoms with Crippen LogP contribution in [0.25, 0.3) is 0 Å². The molecule has 0 radical (unpaired) electrons. The summed E-state index contributed by atoms with van der Waals surface area (Å²) in [6.45, 7) is 2.09. The quantitative estimate of drug-likeness (QED) is 0.684. The predicted molar refractivity (Wildman–Crippen MR) is 82.6 cm³/mol. The lowest BCUT2D eigenvalue weighted by molar-refractivity contribution is 0.454. The van der Waals surface area contributed by atoms with E-state index in [1.165, 1.54) is 0 Å². The Morgan fingerprint density at radius 1 is 1.40 bits per heavy atom. The van der Waals surface area contributed by atoms with Crippen molar-refractivity contribution in [2.24, 2.45) is 5.73 Å². The maximum atomic E-state index is 9.83. The average Bonchev–Trinajstić information content (AvgIpc) is 2.11. The number of benzene rings is 1. The first-order valence-corrected chi connectivity index (χ1v) is 6.65. The van der Waals surface area contributed by atoms with Crippen molar-refractivity contribution in [2.45, 2.75) is 25.8 Å². The monoisotopic (exact) mass is 453 g/mol. The highest BCUT2D eigenvalue weighted by atomic mass is 127. The Labute approximate surface area is 124 Å². The first-order chi connectivity index (χ1) is 6.56. The number of halogens is 3. The molecule has 1 atom stereocenters. The Morgan fingerprint density at radius 2 is 2.00 bits per heavy atom. The number of nitrogens with two attached hydrogens (primary N) is 1. The van der Waals surface area contributed by atoms with Gasteiger partial charge in [-0.05, 0) is 63.7 Å². The lowest BCUT2D eigenvalue weighted by Crippen LogP contribution is -2.10. The molecule has 2 nitrogen and oxygen atoms in total. The van der Waals surface area contributed by atoms with Crippen LogP contribution in [0, 0.1) is 7.14 Å². The molecule has 0 spiro atoms. The molecule has 0 unspecified atom stereocenters. The number of phenolic OH excluding ortho intramolecular Hbond substituents is 1. The van der Waals surface area contributed by atoms with Crippen molar-refractivity contribution in [3.63, 3.8) is 0 Å². The van der Waals surface area contributed by atoms with Crippen LogP contribution in [0.1, 0.15) is 31.4 Å². The molecule has 1 rings (SSSR count). The van der Waals surface area contributed by atoms with Crippen LogP contribution in [0.5, 0.6) is 5.75 Å². The Kier molecular flexibility index (Phi) is 7.48. The zero-order valence-corrected chi connectivity index (χ0v) is 13.5. The summed E-state index contributed by atoms with van der Waals surface area (Å²) >= 11 is 4.37. The van der Waals surface area contributed by atoms with Gasteiger partial charge in [-0.25, -0.2) is 0 Å². The normalized spacial score (nSPS) is 12.0. The fourth-order valence-corrected chi connectivity index (χ4v) is 3.22. The molecule has 86 valence electrons. The van der Waals surface area contributed by atoms with Crippen LogP contribution in [-0.2, 0) is 0 Å². The molecule has 5 heteroatoms. The molecule has 0 amide bonds. The van der Waals surface area contributed by atoms with E-state index in [0.29, 0.717) is 5.75 Å². The van der Waals surface area contributed by atoms with Gasteiger partial charge in [-0.1, -0.05) is 13.3 Å². The van der Waals surface area contributed by atoms with Crippen molar-refractivity contribution in [1.82, 2.24) is 0 Å². The zero-order chi connectivity index (χ0) is 10.7. The Hall–Kier alpha value is 0.730. The molecule has 0 aliphatic heterocycles. The SMILES string of the molecule is CCC[C@@H](N)c1cc(I)cc(I)c1O.Cl. The minimum atomic E-state index is -0.0526. The van der Waals surface area contributed by atoms with Gasteiger partial charge in [0.15, 0.2) is 0 Å². The summed E-state index contributed by atoms with van der Waals surface area (Å²) in [7, 11) is 0. The number of rotatable bonds is 3. The molecule has 0 aliphatic carbocycles. The van der Waals surface area contributed by atoms with Crippen molar-refractivity contribution in [1.29, 1.82) is 0 Å². The molecular formula is C10H14ClI2NO. The van der Waals surface area contributed by atoms with Crippen LogP contribution in [0.15, 0.2) is 12.1 Å². The van der Waals surface area contributed by atoms with E-state index in [1.807, 2.05) is 12.1 Å². The standard InChI is InChI=1S/C10H13I2NO.ClH/c1-2-3-9(13)7-4-6(11)5-8(12)10(7)14;/h4-5,9,14H,2-3,13H2,1H3;1H/t9-;/m1./s1. The van der Waals surface area contributed by atoms with Gasteiger partial charge in [0.2, 0.25) is 0 Å².